The van der Waals surface area contributed by atoms with Gasteiger partial charge >= 0.3 is 0 Å². The minimum Gasteiger partial charge on any atom is -0.348 e. The number of carbonyl (C=O) groups excluding carboxylic acids is 3. The molecule has 1 aliphatic carbocycles. The molecule has 28 heavy (non-hydrogen) atoms. The molecule has 0 atom stereocenters. The number of carbonyl (C=O) groups is 3. The first-order valence-corrected chi connectivity index (χ1v) is 11.0. The van der Waals surface area contributed by atoms with Crippen LogP contribution in [0.5, 0.6) is 0 Å². The van der Waals surface area contributed by atoms with Crippen molar-refractivity contribution in [2.24, 2.45) is 11.8 Å². The molecule has 3 amide bonds. The Bertz CT molecular complexity index is 566. The molecule has 0 aromatic heterocycles. The van der Waals surface area contributed by atoms with Crippen LogP contribution in [0.15, 0.2) is 0 Å². The molecular formula is C21H36N4O3. The number of hydrogen-bond acceptors (Lipinski definition) is 4. The highest BCUT2D eigenvalue weighted by molar-refractivity contribution is 5.81. The van der Waals surface area contributed by atoms with Crippen LogP contribution >= 0.6 is 0 Å². The van der Waals surface area contributed by atoms with Crippen LogP contribution < -0.4 is 0 Å². The van der Waals surface area contributed by atoms with Gasteiger partial charge in [-0.2, -0.15) is 0 Å². The van der Waals surface area contributed by atoms with Gasteiger partial charge in [0.1, 0.15) is 0 Å². The second-order valence-electron chi connectivity index (χ2n) is 8.82. The van der Waals surface area contributed by atoms with Crippen molar-refractivity contribution in [2.45, 2.75) is 44.9 Å². The number of likely N-dealkylation sites (tertiary alicyclic amines) is 1. The highest BCUT2D eigenvalue weighted by Crippen LogP contribution is 2.29. The quantitative estimate of drug-likeness (QED) is 0.717. The standard InChI is InChI=1S/C21H36N4O3/c1-22(2)19(26)16-23-10-5-11-24(15-14-23)21(28)18-8-12-25(13-9-18)20(27)17-6-3-4-7-17/h17-18H,3-16H2,1-2H3. The number of piperidine rings is 1. The second kappa shape index (κ2) is 9.72. The predicted octanol–water partition coefficient (Wildman–Crippen LogP) is 1.04. The highest BCUT2D eigenvalue weighted by atomic mass is 16.2. The summed E-state index contributed by atoms with van der Waals surface area (Å²) >= 11 is 0. The number of nitrogens with zero attached hydrogens (tertiary/aromatic N) is 4. The summed E-state index contributed by atoms with van der Waals surface area (Å²) in [7, 11) is 3.56. The molecule has 3 fully saturated rings. The van der Waals surface area contributed by atoms with E-state index in [2.05, 4.69) is 4.90 Å². The van der Waals surface area contributed by atoms with E-state index in [1.807, 2.05) is 9.80 Å². The maximum absolute atomic E-state index is 13.0. The van der Waals surface area contributed by atoms with Crippen molar-refractivity contribution in [1.29, 1.82) is 0 Å². The third-order valence-electron chi connectivity index (χ3n) is 6.62. The first-order chi connectivity index (χ1) is 13.5. The van der Waals surface area contributed by atoms with Gasteiger partial charge in [-0.05, 0) is 32.1 Å². The molecule has 0 N–H and O–H groups in total. The van der Waals surface area contributed by atoms with Crippen LogP contribution in [0.2, 0.25) is 0 Å². The van der Waals surface area contributed by atoms with Crippen molar-refractivity contribution in [1.82, 2.24) is 19.6 Å². The number of hydrogen-bond donors (Lipinski definition) is 0. The summed E-state index contributed by atoms with van der Waals surface area (Å²) < 4.78 is 0. The average Bonchev–Trinajstić information content (AvgIpc) is 3.14. The molecule has 0 spiro atoms. The van der Waals surface area contributed by atoms with E-state index in [4.69, 9.17) is 0 Å². The Morgan fingerprint density at radius 3 is 1.89 bits per heavy atom. The van der Waals surface area contributed by atoms with Crippen LogP contribution in [0, 0.1) is 11.8 Å². The zero-order chi connectivity index (χ0) is 20.1. The summed E-state index contributed by atoms with van der Waals surface area (Å²) in [5, 5.41) is 0. The molecule has 7 heteroatoms. The maximum atomic E-state index is 13.0. The molecule has 2 aliphatic heterocycles. The molecule has 0 radical (unpaired) electrons. The van der Waals surface area contributed by atoms with Gasteiger partial charge in [0.25, 0.3) is 0 Å². The topological polar surface area (TPSA) is 64.2 Å². The van der Waals surface area contributed by atoms with Gasteiger partial charge in [-0.25, -0.2) is 0 Å². The van der Waals surface area contributed by atoms with E-state index in [1.54, 1.807) is 19.0 Å². The van der Waals surface area contributed by atoms with Gasteiger partial charge in [-0.3, -0.25) is 19.3 Å². The van der Waals surface area contributed by atoms with Gasteiger partial charge in [0.05, 0.1) is 6.54 Å². The molecule has 2 saturated heterocycles. The Kier molecular flexibility index (Phi) is 7.32. The van der Waals surface area contributed by atoms with Gasteiger partial charge in [0, 0.05) is 65.2 Å². The van der Waals surface area contributed by atoms with Crippen molar-refractivity contribution in [3.63, 3.8) is 0 Å². The summed E-state index contributed by atoms with van der Waals surface area (Å²) in [5.41, 5.74) is 0. The van der Waals surface area contributed by atoms with E-state index in [-0.39, 0.29) is 23.7 Å². The number of amides is 3. The van der Waals surface area contributed by atoms with Gasteiger partial charge < -0.3 is 14.7 Å². The summed E-state index contributed by atoms with van der Waals surface area (Å²) in [6.45, 7) is 4.96. The SMILES string of the molecule is CN(C)C(=O)CN1CCCN(C(=O)C2CCN(C(=O)C3CCCC3)CC2)CC1. The Balaban J connectivity index is 1.44. The molecule has 1 saturated carbocycles. The Morgan fingerprint density at radius 2 is 1.29 bits per heavy atom. The molecule has 0 unspecified atom stereocenters. The predicted molar refractivity (Wildman–Crippen MR) is 108 cm³/mol. The van der Waals surface area contributed by atoms with E-state index in [9.17, 15) is 14.4 Å². The summed E-state index contributed by atoms with van der Waals surface area (Å²) in [6.07, 6.45) is 6.92. The van der Waals surface area contributed by atoms with E-state index >= 15 is 0 Å². The Hall–Kier alpha value is -1.63. The first kappa shape index (κ1) is 21.1. The molecular weight excluding hydrogens is 356 g/mol. The van der Waals surface area contributed by atoms with Crippen molar-refractivity contribution in [3.8, 4) is 0 Å². The van der Waals surface area contributed by atoms with Gasteiger partial charge in [0.15, 0.2) is 0 Å². The lowest BCUT2D eigenvalue weighted by Gasteiger charge is -2.35. The number of rotatable bonds is 4. The molecule has 2 heterocycles. The van der Waals surface area contributed by atoms with Crippen molar-refractivity contribution < 1.29 is 14.4 Å². The molecule has 158 valence electrons. The van der Waals surface area contributed by atoms with Crippen LogP contribution in [0.25, 0.3) is 0 Å². The van der Waals surface area contributed by atoms with E-state index in [0.29, 0.717) is 19.0 Å². The summed E-state index contributed by atoms with van der Waals surface area (Å²) in [6, 6.07) is 0. The third-order valence-corrected chi connectivity index (χ3v) is 6.62. The van der Waals surface area contributed by atoms with Crippen molar-refractivity contribution in [2.75, 3.05) is 59.9 Å². The van der Waals surface area contributed by atoms with E-state index in [1.165, 1.54) is 12.8 Å². The highest BCUT2D eigenvalue weighted by Gasteiger charge is 2.34. The molecule has 0 bridgehead atoms. The van der Waals surface area contributed by atoms with Crippen molar-refractivity contribution >= 4 is 17.7 Å². The van der Waals surface area contributed by atoms with Gasteiger partial charge in [-0.15, -0.1) is 0 Å². The molecule has 0 aromatic carbocycles. The van der Waals surface area contributed by atoms with Crippen LogP contribution in [-0.2, 0) is 14.4 Å². The zero-order valence-corrected chi connectivity index (χ0v) is 17.6. The minimum atomic E-state index is 0.0441. The lowest BCUT2D eigenvalue weighted by atomic mass is 9.94. The van der Waals surface area contributed by atoms with Gasteiger partial charge in [0.2, 0.25) is 17.7 Å². The summed E-state index contributed by atoms with van der Waals surface area (Å²) in [4.78, 5) is 45.3. The van der Waals surface area contributed by atoms with Crippen LogP contribution in [0.4, 0.5) is 0 Å². The molecule has 3 aliphatic rings. The van der Waals surface area contributed by atoms with E-state index in [0.717, 1.165) is 64.8 Å². The number of likely N-dealkylation sites (N-methyl/N-ethyl adjacent to an activating group) is 1. The van der Waals surface area contributed by atoms with E-state index < -0.39 is 0 Å². The first-order valence-electron chi connectivity index (χ1n) is 11.0. The summed E-state index contributed by atoms with van der Waals surface area (Å²) in [5.74, 6) is 0.948. The monoisotopic (exact) mass is 392 g/mol. The Labute approximate surface area is 169 Å². The third kappa shape index (κ3) is 5.25. The van der Waals surface area contributed by atoms with Gasteiger partial charge in [-0.1, -0.05) is 12.8 Å². The zero-order valence-electron chi connectivity index (χ0n) is 17.6. The van der Waals surface area contributed by atoms with Crippen molar-refractivity contribution in [3.05, 3.63) is 0 Å². The lowest BCUT2D eigenvalue weighted by molar-refractivity contribution is -0.142. The normalized spacial score (nSPS) is 22.9. The second-order valence-corrected chi connectivity index (χ2v) is 8.82. The smallest absolute Gasteiger partial charge is 0.236 e. The molecule has 3 rings (SSSR count). The average molecular weight is 393 g/mol. The van der Waals surface area contributed by atoms with Crippen LogP contribution in [0.1, 0.15) is 44.9 Å². The minimum absolute atomic E-state index is 0.0441. The molecule has 7 nitrogen and oxygen atoms in total. The fourth-order valence-electron chi connectivity index (χ4n) is 4.72. The maximum Gasteiger partial charge on any atom is 0.236 e. The van der Waals surface area contributed by atoms with Crippen LogP contribution in [0.3, 0.4) is 0 Å². The lowest BCUT2D eigenvalue weighted by Crippen LogP contribution is -2.46. The largest absolute Gasteiger partial charge is 0.348 e. The fourth-order valence-corrected chi connectivity index (χ4v) is 4.72. The fraction of sp³-hybridized carbons (Fsp3) is 0.857. The molecule has 0 aromatic rings. The van der Waals surface area contributed by atoms with Crippen LogP contribution in [-0.4, -0.2) is 97.2 Å². The Morgan fingerprint density at radius 1 is 0.714 bits per heavy atom.